The van der Waals surface area contributed by atoms with Gasteiger partial charge in [0.15, 0.2) is 0 Å². The predicted molar refractivity (Wildman–Crippen MR) is 85.8 cm³/mol. The summed E-state index contributed by atoms with van der Waals surface area (Å²) in [7, 11) is 0. The maximum atomic E-state index is 10.5. The molecule has 3 nitrogen and oxygen atoms in total. The van der Waals surface area contributed by atoms with Crippen LogP contribution in [0.25, 0.3) is 0 Å². The lowest BCUT2D eigenvalue weighted by Crippen LogP contribution is -2.43. The van der Waals surface area contributed by atoms with Crippen molar-refractivity contribution in [3.05, 3.63) is 24.3 Å². The first kappa shape index (κ1) is 14.7. The van der Waals surface area contributed by atoms with Gasteiger partial charge in [-0.25, -0.2) is 0 Å². The van der Waals surface area contributed by atoms with Crippen molar-refractivity contribution in [3.63, 3.8) is 0 Å². The number of ether oxygens (including phenoxy) is 1. The average Bonchev–Trinajstić information content (AvgIpc) is 2.65. The van der Waals surface area contributed by atoms with E-state index in [2.05, 4.69) is 36.9 Å². The van der Waals surface area contributed by atoms with E-state index in [0.29, 0.717) is 17.8 Å². The minimum absolute atomic E-state index is 0.167. The molecule has 0 saturated heterocycles. The molecule has 4 unspecified atom stereocenters. The van der Waals surface area contributed by atoms with Gasteiger partial charge >= 0.3 is 0 Å². The molecule has 0 radical (unpaired) electrons. The van der Waals surface area contributed by atoms with E-state index in [-0.39, 0.29) is 6.10 Å². The fraction of sp³-hybridized carbons (Fsp3) is 0.667. The highest BCUT2D eigenvalue weighted by Gasteiger charge is 2.34. The lowest BCUT2D eigenvalue weighted by Gasteiger charge is -2.40. The number of rotatable bonds is 2. The van der Waals surface area contributed by atoms with Gasteiger partial charge in [0.2, 0.25) is 0 Å². The van der Waals surface area contributed by atoms with Crippen LogP contribution < -0.4 is 9.64 Å². The van der Waals surface area contributed by atoms with Crippen LogP contribution in [0.1, 0.15) is 33.1 Å². The first-order valence-corrected chi connectivity index (χ1v) is 8.30. The summed E-state index contributed by atoms with van der Waals surface area (Å²) in [6, 6.07) is 8.30. The molecule has 1 N–H and O–H groups in total. The maximum Gasteiger partial charge on any atom is 0.142 e. The third-order valence-corrected chi connectivity index (χ3v) is 5.11. The highest BCUT2D eigenvalue weighted by Crippen LogP contribution is 2.37. The average molecular weight is 289 g/mol. The van der Waals surface area contributed by atoms with Crippen molar-refractivity contribution in [2.24, 2.45) is 17.8 Å². The molecule has 1 aliphatic heterocycles. The fourth-order valence-corrected chi connectivity index (χ4v) is 4.02. The van der Waals surface area contributed by atoms with Gasteiger partial charge in [-0.15, -0.1) is 0 Å². The SMILES string of the molecule is CC1CC(C)C(CN2CCCOc3ccccc32)C(O)C1. The van der Waals surface area contributed by atoms with Crippen LogP contribution in [0.5, 0.6) is 5.75 Å². The standard InChI is InChI=1S/C18H27NO2/c1-13-10-14(2)15(17(20)11-13)12-19-8-5-9-21-18-7-4-3-6-16(18)19/h3-4,6-7,13-15,17,20H,5,8-12H2,1-2H3. The molecule has 2 aliphatic rings. The van der Waals surface area contributed by atoms with Crippen molar-refractivity contribution < 1.29 is 9.84 Å². The van der Waals surface area contributed by atoms with Crippen LogP contribution >= 0.6 is 0 Å². The Hall–Kier alpha value is -1.22. The summed E-state index contributed by atoms with van der Waals surface area (Å²) in [5, 5.41) is 10.5. The third kappa shape index (κ3) is 3.18. The number of nitrogens with zero attached hydrogens (tertiary/aromatic N) is 1. The van der Waals surface area contributed by atoms with Crippen LogP contribution in [0.3, 0.4) is 0 Å². The van der Waals surface area contributed by atoms with Crippen LogP contribution in [0, 0.1) is 17.8 Å². The van der Waals surface area contributed by atoms with Gasteiger partial charge in [-0.3, -0.25) is 0 Å². The Morgan fingerprint density at radius 2 is 2.05 bits per heavy atom. The van der Waals surface area contributed by atoms with E-state index >= 15 is 0 Å². The van der Waals surface area contributed by atoms with E-state index in [1.165, 1.54) is 12.1 Å². The van der Waals surface area contributed by atoms with Gasteiger partial charge in [-0.05, 0) is 43.2 Å². The van der Waals surface area contributed by atoms with Gasteiger partial charge in [0.05, 0.1) is 18.4 Å². The Balaban J connectivity index is 1.78. The Morgan fingerprint density at radius 3 is 2.86 bits per heavy atom. The molecule has 1 aromatic carbocycles. The summed E-state index contributed by atoms with van der Waals surface area (Å²) in [4.78, 5) is 2.42. The molecule has 21 heavy (non-hydrogen) atoms. The Labute approximate surface area is 127 Å². The summed E-state index contributed by atoms with van der Waals surface area (Å²) in [6.45, 7) is 7.29. The number of anilines is 1. The molecule has 3 rings (SSSR count). The van der Waals surface area contributed by atoms with Gasteiger partial charge < -0.3 is 14.7 Å². The van der Waals surface area contributed by atoms with Gasteiger partial charge in [-0.1, -0.05) is 26.0 Å². The summed E-state index contributed by atoms with van der Waals surface area (Å²) in [5.41, 5.74) is 1.19. The predicted octanol–water partition coefficient (Wildman–Crippen LogP) is 3.32. The zero-order valence-corrected chi connectivity index (χ0v) is 13.2. The number of para-hydroxylation sites is 2. The smallest absolute Gasteiger partial charge is 0.142 e. The van der Waals surface area contributed by atoms with E-state index in [1.807, 2.05) is 6.07 Å². The van der Waals surface area contributed by atoms with Crippen LogP contribution in [-0.4, -0.2) is 30.9 Å². The van der Waals surface area contributed by atoms with E-state index in [1.54, 1.807) is 0 Å². The Bertz CT molecular complexity index is 464. The number of benzene rings is 1. The second-order valence-electron chi connectivity index (χ2n) is 6.90. The molecule has 0 spiro atoms. The van der Waals surface area contributed by atoms with Gasteiger partial charge in [-0.2, -0.15) is 0 Å². The zero-order chi connectivity index (χ0) is 14.8. The topological polar surface area (TPSA) is 32.7 Å². The van der Waals surface area contributed by atoms with Crippen LogP contribution in [0.4, 0.5) is 5.69 Å². The second kappa shape index (κ2) is 6.27. The van der Waals surface area contributed by atoms with E-state index in [9.17, 15) is 5.11 Å². The van der Waals surface area contributed by atoms with Crippen LogP contribution in [0.15, 0.2) is 24.3 Å². The summed E-state index contributed by atoms with van der Waals surface area (Å²) in [5.74, 6) is 2.58. The number of fused-ring (bicyclic) bond motifs is 1. The molecule has 1 heterocycles. The molecule has 0 aromatic heterocycles. The quantitative estimate of drug-likeness (QED) is 0.906. The molecule has 1 fully saturated rings. The molecule has 1 aromatic rings. The molecule has 0 bridgehead atoms. The summed E-state index contributed by atoms with van der Waals surface area (Å²) < 4.78 is 5.83. The summed E-state index contributed by atoms with van der Waals surface area (Å²) >= 11 is 0. The molecule has 4 atom stereocenters. The highest BCUT2D eigenvalue weighted by atomic mass is 16.5. The van der Waals surface area contributed by atoms with Crippen LogP contribution in [0.2, 0.25) is 0 Å². The number of aliphatic hydroxyl groups excluding tert-OH is 1. The minimum atomic E-state index is -0.167. The van der Waals surface area contributed by atoms with Crippen molar-refractivity contribution in [3.8, 4) is 5.75 Å². The number of hydrogen-bond donors (Lipinski definition) is 1. The lowest BCUT2D eigenvalue weighted by atomic mass is 9.73. The van der Waals surface area contributed by atoms with Crippen LogP contribution in [-0.2, 0) is 0 Å². The minimum Gasteiger partial charge on any atom is -0.491 e. The third-order valence-electron chi connectivity index (χ3n) is 5.11. The maximum absolute atomic E-state index is 10.5. The van der Waals surface area contributed by atoms with Crippen molar-refractivity contribution in [2.75, 3.05) is 24.6 Å². The number of hydrogen-bond acceptors (Lipinski definition) is 3. The normalized spacial score (nSPS) is 33.0. The largest absolute Gasteiger partial charge is 0.491 e. The molecule has 1 saturated carbocycles. The number of aliphatic hydroxyl groups is 1. The van der Waals surface area contributed by atoms with E-state index in [4.69, 9.17) is 4.74 Å². The lowest BCUT2D eigenvalue weighted by molar-refractivity contribution is 0.0201. The molecule has 1 aliphatic carbocycles. The molecule has 3 heteroatoms. The highest BCUT2D eigenvalue weighted by molar-refractivity contribution is 5.59. The van der Waals surface area contributed by atoms with Gasteiger partial charge in [0.1, 0.15) is 5.75 Å². The first-order valence-electron chi connectivity index (χ1n) is 8.30. The zero-order valence-electron chi connectivity index (χ0n) is 13.2. The molecular weight excluding hydrogens is 262 g/mol. The Morgan fingerprint density at radius 1 is 1.24 bits per heavy atom. The molecular formula is C18H27NO2. The van der Waals surface area contributed by atoms with Gasteiger partial charge in [0.25, 0.3) is 0 Å². The Kier molecular flexibility index (Phi) is 4.39. The molecule has 0 amide bonds. The van der Waals surface area contributed by atoms with E-state index in [0.717, 1.165) is 38.3 Å². The fourth-order valence-electron chi connectivity index (χ4n) is 4.02. The summed E-state index contributed by atoms with van der Waals surface area (Å²) in [6.07, 6.45) is 3.05. The van der Waals surface area contributed by atoms with Crippen molar-refractivity contribution in [1.29, 1.82) is 0 Å². The second-order valence-corrected chi connectivity index (χ2v) is 6.90. The monoisotopic (exact) mass is 289 g/mol. The van der Waals surface area contributed by atoms with E-state index < -0.39 is 0 Å². The van der Waals surface area contributed by atoms with Crippen molar-refractivity contribution in [1.82, 2.24) is 0 Å². The van der Waals surface area contributed by atoms with Gasteiger partial charge in [0, 0.05) is 19.0 Å². The molecule has 116 valence electrons. The van der Waals surface area contributed by atoms with Crippen molar-refractivity contribution >= 4 is 5.69 Å². The van der Waals surface area contributed by atoms with Crippen molar-refractivity contribution in [2.45, 2.75) is 39.2 Å². The first-order chi connectivity index (χ1) is 10.1.